The van der Waals surface area contributed by atoms with E-state index in [0.717, 1.165) is 31.2 Å². The van der Waals surface area contributed by atoms with Crippen LogP contribution in [-0.4, -0.2) is 19.2 Å². The first-order chi connectivity index (χ1) is 8.77. The van der Waals surface area contributed by atoms with Crippen LogP contribution >= 0.6 is 0 Å². The summed E-state index contributed by atoms with van der Waals surface area (Å²) in [5.41, 5.74) is 0. The molecule has 2 heteroatoms. The van der Waals surface area contributed by atoms with E-state index in [1.165, 1.54) is 12.8 Å². The average molecular weight is 249 g/mol. The zero-order valence-electron chi connectivity index (χ0n) is 12.0. The van der Waals surface area contributed by atoms with E-state index in [-0.39, 0.29) is 0 Å². The lowest BCUT2D eigenvalue weighted by atomic mass is 9.95. The molecule has 2 nitrogen and oxygen atoms in total. The normalized spacial score (nSPS) is 12.7. The molecule has 0 fully saturated rings. The quantitative estimate of drug-likeness (QED) is 0.671. The maximum Gasteiger partial charge on any atom is 0.119 e. The van der Waals surface area contributed by atoms with Crippen LogP contribution in [0.15, 0.2) is 30.3 Å². The molecular formula is C16H27NO. The Hall–Kier alpha value is -1.02. The third kappa shape index (κ3) is 5.54. The van der Waals surface area contributed by atoms with Crippen molar-refractivity contribution in [1.29, 1.82) is 0 Å². The van der Waals surface area contributed by atoms with Gasteiger partial charge in [0.15, 0.2) is 0 Å². The van der Waals surface area contributed by atoms with Crippen LogP contribution in [-0.2, 0) is 0 Å². The Morgan fingerprint density at radius 3 is 2.39 bits per heavy atom. The molecule has 0 radical (unpaired) electrons. The number of para-hydroxylation sites is 1. The molecule has 0 spiro atoms. The van der Waals surface area contributed by atoms with Crippen LogP contribution in [0.4, 0.5) is 0 Å². The van der Waals surface area contributed by atoms with Crippen molar-refractivity contribution in [2.75, 3.05) is 13.2 Å². The molecule has 0 aromatic heterocycles. The number of rotatable bonds is 9. The Morgan fingerprint density at radius 2 is 1.78 bits per heavy atom. The van der Waals surface area contributed by atoms with E-state index in [1.807, 2.05) is 30.3 Å². The summed E-state index contributed by atoms with van der Waals surface area (Å²) in [4.78, 5) is 0. The number of ether oxygens (including phenoxy) is 1. The van der Waals surface area contributed by atoms with Crippen molar-refractivity contribution in [2.45, 2.75) is 46.1 Å². The van der Waals surface area contributed by atoms with Crippen LogP contribution in [0, 0.1) is 5.92 Å². The summed E-state index contributed by atoms with van der Waals surface area (Å²) in [6.45, 7) is 8.64. The average Bonchev–Trinajstić information content (AvgIpc) is 2.41. The van der Waals surface area contributed by atoms with E-state index in [2.05, 4.69) is 26.1 Å². The molecule has 0 aliphatic rings. The van der Waals surface area contributed by atoms with Gasteiger partial charge in [-0.1, -0.05) is 44.9 Å². The lowest BCUT2D eigenvalue weighted by Gasteiger charge is -2.22. The monoisotopic (exact) mass is 249 g/mol. The highest BCUT2D eigenvalue weighted by atomic mass is 16.5. The lowest BCUT2D eigenvalue weighted by molar-refractivity contribution is 0.294. The lowest BCUT2D eigenvalue weighted by Crippen LogP contribution is -2.34. The largest absolute Gasteiger partial charge is 0.494 e. The Labute approximate surface area is 112 Å². The zero-order valence-corrected chi connectivity index (χ0v) is 12.0. The van der Waals surface area contributed by atoms with Crippen LogP contribution in [0.25, 0.3) is 0 Å². The summed E-state index contributed by atoms with van der Waals surface area (Å²) in [5.74, 6) is 1.76. The van der Waals surface area contributed by atoms with Gasteiger partial charge in [-0.2, -0.15) is 0 Å². The van der Waals surface area contributed by atoms with Gasteiger partial charge in [0.1, 0.15) is 5.75 Å². The van der Waals surface area contributed by atoms with Crippen LogP contribution in [0.3, 0.4) is 0 Å². The van der Waals surface area contributed by atoms with Crippen LogP contribution in [0.2, 0.25) is 0 Å². The Bertz CT molecular complexity index is 295. The number of nitrogens with one attached hydrogen (secondary N) is 1. The predicted octanol–water partition coefficient (Wildman–Crippen LogP) is 3.87. The molecule has 0 aliphatic heterocycles. The molecule has 1 rings (SSSR count). The third-order valence-corrected chi connectivity index (χ3v) is 3.56. The van der Waals surface area contributed by atoms with Gasteiger partial charge in [-0.3, -0.25) is 0 Å². The summed E-state index contributed by atoms with van der Waals surface area (Å²) >= 11 is 0. The molecule has 0 saturated carbocycles. The van der Waals surface area contributed by atoms with Gasteiger partial charge in [0.25, 0.3) is 0 Å². The molecule has 0 bridgehead atoms. The smallest absolute Gasteiger partial charge is 0.119 e. The predicted molar refractivity (Wildman–Crippen MR) is 78.1 cm³/mol. The molecular weight excluding hydrogens is 222 g/mol. The number of benzene rings is 1. The summed E-state index contributed by atoms with van der Waals surface area (Å²) < 4.78 is 5.66. The molecule has 0 saturated heterocycles. The molecule has 102 valence electrons. The van der Waals surface area contributed by atoms with Crippen LogP contribution < -0.4 is 10.1 Å². The number of hydrogen-bond donors (Lipinski definition) is 1. The highest BCUT2D eigenvalue weighted by molar-refractivity contribution is 5.20. The molecule has 1 aromatic carbocycles. The van der Waals surface area contributed by atoms with Gasteiger partial charge in [-0.05, 0) is 37.9 Å². The van der Waals surface area contributed by atoms with E-state index >= 15 is 0 Å². The second-order valence-corrected chi connectivity index (χ2v) is 4.83. The van der Waals surface area contributed by atoms with Crippen molar-refractivity contribution in [2.24, 2.45) is 5.92 Å². The van der Waals surface area contributed by atoms with Crippen molar-refractivity contribution in [1.82, 2.24) is 5.32 Å². The van der Waals surface area contributed by atoms with Crippen molar-refractivity contribution < 1.29 is 4.74 Å². The second kappa shape index (κ2) is 8.98. The first-order valence-electron chi connectivity index (χ1n) is 7.19. The van der Waals surface area contributed by atoms with Crippen LogP contribution in [0.1, 0.15) is 40.0 Å². The van der Waals surface area contributed by atoms with Gasteiger partial charge in [0.05, 0.1) is 6.61 Å². The Morgan fingerprint density at radius 1 is 1.11 bits per heavy atom. The summed E-state index contributed by atoms with van der Waals surface area (Å²) in [7, 11) is 0. The minimum absolute atomic E-state index is 0.608. The van der Waals surface area contributed by atoms with Crippen molar-refractivity contribution in [3.05, 3.63) is 30.3 Å². The fraction of sp³-hybridized carbons (Fsp3) is 0.625. The van der Waals surface area contributed by atoms with Gasteiger partial charge in [0, 0.05) is 6.04 Å². The minimum Gasteiger partial charge on any atom is -0.494 e. The van der Waals surface area contributed by atoms with Crippen molar-refractivity contribution in [3.8, 4) is 5.75 Å². The fourth-order valence-electron chi connectivity index (χ4n) is 2.27. The summed E-state index contributed by atoms with van der Waals surface area (Å²) in [5, 5.41) is 3.59. The SMILES string of the molecule is CCC(CC)C(C)NCCCOc1ccccc1. The standard InChI is InChI=1S/C16H27NO/c1-4-15(5-2)14(3)17-12-9-13-18-16-10-7-6-8-11-16/h6-8,10-11,14-15,17H,4-5,9,12-13H2,1-3H3. The Kier molecular flexibility index (Phi) is 7.51. The summed E-state index contributed by atoms with van der Waals surface area (Å²) in [6.07, 6.45) is 3.57. The second-order valence-electron chi connectivity index (χ2n) is 4.83. The van der Waals surface area contributed by atoms with E-state index in [9.17, 15) is 0 Å². The van der Waals surface area contributed by atoms with E-state index in [0.29, 0.717) is 6.04 Å². The summed E-state index contributed by atoms with van der Waals surface area (Å²) in [6, 6.07) is 10.6. The molecule has 1 N–H and O–H groups in total. The molecule has 0 aliphatic carbocycles. The number of hydrogen-bond acceptors (Lipinski definition) is 2. The highest BCUT2D eigenvalue weighted by Gasteiger charge is 2.11. The molecule has 0 amide bonds. The van der Waals surface area contributed by atoms with Crippen molar-refractivity contribution >= 4 is 0 Å². The van der Waals surface area contributed by atoms with E-state index in [1.54, 1.807) is 0 Å². The molecule has 0 heterocycles. The first-order valence-corrected chi connectivity index (χ1v) is 7.19. The van der Waals surface area contributed by atoms with Gasteiger partial charge in [-0.15, -0.1) is 0 Å². The fourth-order valence-corrected chi connectivity index (χ4v) is 2.27. The maximum absolute atomic E-state index is 5.66. The van der Waals surface area contributed by atoms with E-state index in [4.69, 9.17) is 4.74 Å². The van der Waals surface area contributed by atoms with Gasteiger partial charge < -0.3 is 10.1 Å². The highest BCUT2D eigenvalue weighted by Crippen LogP contribution is 2.12. The molecule has 1 aromatic rings. The van der Waals surface area contributed by atoms with Gasteiger partial charge in [0.2, 0.25) is 0 Å². The minimum atomic E-state index is 0.608. The third-order valence-electron chi connectivity index (χ3n) is 3.56. The van der Waals surface area contributed by atoms with E-state index < -0.39 is 0 Å². The Balaban J connectivity index is 2.08. The van der Waals surface area contributed by atoms with Crippen LogP contribution in [0.5, 0.6) is 5.75 Å². The van der Waals surface area contributed by atoms with Crippen molar-refractivity contribution in [3.63, 3.8) is 0 Å². The first kappa shape index (κ1) is 15.0. The van der Waals surface area contributed by atoms with Gasteiger partial charge in [-0.25, -0.2) is 0 Å². The maximum atomic E-state index is 5.66. The zero-order chi connectivity index (χ0) is 13.2. The molecule has 18 heavy (non-hydrogen) atoms. The van der Waals surface area contributed by atoms with Gasteiger partial charge >= 0.3 is 0 Å². The molecule has 1 atom stereocenters. The topological polar surface area (TPSA) is 21.3 Å². The molecule has 1 unspecified atom stereocenters.